The molecule has 0 atom stereocenters. The average Bonchev–Trinajstić information content (AvgIpc) is 3.16. The van der Waals surface area contributed by atoms with Gasteiger partial charge in [-0.2, -0.15) is 9.61 Å². The van der Waals surface area contributed by atoms with E-state index in [1.807, 2.05) is 22.7 Å². The first-order valence-corrected chi connectivity index (χ1v) is 9.33. The Balaban J connectivity index is 1.64. The molecule has 0 amide bonds. The van der Waals surface area contributed by atoms with Crippen molar-refractivity contribution in [3.8, 4) is 11.3 Å². The topological polar surface area (TPSA) is 56.9 Å². The zero-order chi connectivity index (χ0) is 18.8. The molecule has 4 rings (SSSR count). The minimum atomic E-state index is -0.274. The second-order valence-corrected chi connectivity index (χ2v) is 7.00. The van der Waals surface area contributed by atoms with Crippen molar-refractivity contribution >= 4 is 11.5 Å². The molecule has 1 aliphatic heterocycles. The van der Waals surface area contributed by atoms with Crippen LogP contribution in [0.5, 0.6) is 0 Å². The van der Waals surface area contributed by atoms with Crippen LogP contribution in [0, 0.1) is 5.82 Å². The van der Waals surface area contributed by atoms with Crippen molar-refractivity contribution in [2.45, 2.75) is 18.9 Å². The predicted molar refractivity (Wildman–Crippen MR) is 103 cm³/mol. The van der Waals surface area contributed by atoms with Crippen molar-refractivity contribution in [2.75, 3.05) is 38.2 Å². The number of hydrogen-bond acceptors (Lipinski definition) is 5. The van der Waals surface area contributed by atoms with E-state index in [-0.39, 0.29) is 12.4 Å². The molecule has 1 saturated heterocycles. The summed E-state index contributed by atoms with van der Waals surface area (Å²) in [5.41, 5.74) is 1.83. The fraction of sp³-hybridized carbons (Fsp3) is 0.400. The standard InChI is InChI=1S/C20H24FN5O/c1-24(12-13-27)15-7-10-25(11-8-15)20-14-18(16-4-2-3-5-17(16)21)23-19-6-9-22-26(19)20/h2-6,9,14-15,27H,7-8,10-13H2,1H3. The van der Waals surface area contributed by atoms with E-state index < -0.39 is 0 Å². The molecular formula is C20H24FN5O. The highest BCUT2D eigenvalue weighted by Crippen LogP contribution is 2.28. The van der Waals surface area contributed by atoms with E-state index in [0.717, 1.165) is 31.7 Å². The number of benzene rings is 1. The Kier molecular flexibility index (Phi) is 5.05. The predicted octanol–water partition coefficient (Wildman–Crippen LogP) is 2.43. The molecule has 6 nitrogen and oxygen atoms in total. The van der Waals surface area contributed by atoms with Crippen LogP contribution in [0.15, 0.2) is 42.6 Å². The lowest BCUT2D eigenvalue weighted by molar-refractivity contribution is 0.161. The van der Waals surface area contributed by atoms with Crippen LogP contribution in [0.2, 0.25) is 0 Å². The Hall–Kier alpha value is -2.51. The van der Waals surface area contributed by atoms with Gasteiger partial charge in [0.25, 0.3) is 0 Å². The van der Waals surface area contributed by atoms with Crippen LogP contribution in [0.4, 0.5) is 10.2 Å². The van der Waals surface area contributed by atoms with Gasteiger partial charge in [-0.05, 0) is 32.0 Å². The second kappa shape index (κ2) is 7.62. The molecule has 2 aromatic heterocycles. The van der Waals surface area contributed by atoms with Gasteiger partial charge in [0.15, 0.2) is 5.65 Å². The Labute approximate surface area is 157 Å². The SMILES string of the molecule is CN(CCO)C1CCN(c2cc(-c3ccccc3F)nc3ccnn23)CC1. The Morgan fingerprint density at radius 1 is 1.22 bits per heavy atom. The molecule has 0 bridgehead atoms. The van der Waals surface area contributed by atoms with Crippen LogP contribution < -0.4 is 4.90 Å². The van der Waals surface area contributed by atoms with E-state index >= 15 is 0 Å². The maximum atomic E-state index is 14.3. The first-order valence-electron chi connectivity index (χ1n) is 9.33. The van der Waals surface area contributed by atoms with Gasteiger partial charge in [0.2, 0.25) is 0 Å². The number of hydrogen-bond donors (Lipinski definition) is 1. The summed E-state index contributed by atoms with van der Waals surface area (Å²) in [5, 5.41) is 13.6. The lowest BCUT2D eigenvalue weighted by Crippen LogP contribution is -2.44. The summed E-state index contributed by atoms with van der Waals surface area (Å²) in [6, 6.07) is 11.0. The van der Waals surface area contributed by atoms with Crippen molar-refractivity contribution < 1.29 is 9.50 Å². The third-order valence-corrected chi connectivity index (χ3v) is 5.35. The number of piperidine rings is 1. The summed E-state index contributed by atoms with van der Waals surface area (Å²) < 4.78 is 16.1. The van der Waals surface area contributed by atoms with E-state index in [1.54, 1.807) is 18.3 Å². The molecule has 3 aromatic rings. The van der Waals surface area contributed by atoms with Crippen LogP contribution >= 0.6 is 0 Å². The van der Waals surface area contributed by atoms with Crippen molar-refractivity contribution in [3.63, 3.8) is 0 Å². The van der Waals surface area contributed by atoms with Gasteiger partial charge in [0.1, 0.15) is 11.6 Å². The molecule has 3 heterocycles. The van der Waals surface area contributed by atoms with Crippen LogP contribution in [0.1, 0.15) is 12.8 Å². The molecule has 0 aliphatic carbocycles. The summed E-state index contributed by atoms with van der Waals surface area (Å²) in [4.78, 5) is 9.09. The average molecular weight is 369 g/mol. The van der Waals surface area contributed by atoms with Crippen LogP contribution in [0.3, 0.4) is 0 Å². The van der Waals surface area contributed by atoms with Gasteiger partial charge in [0, 0.05) is 43.4 Å². The maximum absolute atomic E-state index is 14.3. The highest BCUT2D eigenvalue weighted by molar-refractivity contribution is 5.67. The number of aliphatic hydroxyl groups is 1. The van der Waals surface area contributed by atoms with E-state index in [0.29, 0.717) is 29.5 Å². The smallest absolute Gasteiger partial charge is 0.157 e. The molecular weight excluding hydrogens is 345 g/mol. The third-order valence-electron chi connectivity index (χ3n) is 5.35. The highest BCUT2D eigenvalue weighted by atomic mass is 19.1. The Morgan fingerprint density at radius 2 is 2.00 bits per heavy atom. The lowest BCUT2D eigenvalue weighted by Gasteiger charge is -2.37. The molecule has 142 valence electrons. The Bertz CT molecular complexity index is 920. The molecule has 0 spiro atoms. The number of rotatable bonds is 5. The number of anilines is 1. The van der Waals surface area contributed by atoms with Crippen molar-refractivity contribution in [1.82, 2.24) is 19.5 Å². The first kappa shape index (κ1) is 17.9. The molecule has 1 aliphatic rings. The van der Waals surface area contributed by atoms with E-state index in [2.05, 4.69) is 26.9 Å². The van der Waals surface area contributed by atoms with E-state index in [1.165, 1.54) is 6.07 Å². The second-order valence-electron chi connectivity index (χ2n) is 7.00. The van der Waals surface area contributed by atoms with Crippen LogP contribution in [-0.4, -0.2) is 63.9 Å². The summed E-state index contributed by atoms with van der Waals surface area (Å²) in [6.45, 7) is 2.65. The molecule has 0 unspecified atom stereocenters. The van der Waals surface area contributed by atoms with Crippen LogP contribution in [-0.2, 0) is 0 Å². The fourth-order valence-electron chi connectivity index (χ4n) is 3.80. The third kappa shape index (κ3) is 3.52. The van der Waals surface area contributed by atoms with E-state index in [9.17, 15) is 4.39 Å². The molecule has 1 aromatic carbocycles. The molecule has 1 N–H and O–H groups in total. The summed E-state index contributed by atoms with van der Waals surface area (Å²) in [5.74, 6) is 0.663. The number of fused-ring (bicyclic) bond motifs is 1. The molecule has 7 heteroatoms. The van der Waals surface area contributed by atoms with Gasteiger partial charge in [0.05, 0.1) is 18.5 Å². The van der Waals surface area contributed by atoms with Crippen molar-refractivity contribution in [2.24, 2.45) is 0 Å². The van der Waals surface area contributed by atoms with Crippen LogP contribution in [0.25, 0.3) is 16.9 Å². The summed E-state index contributed by atoms with van der Waals surface area (Å²) in [7, 11) is 2.06. The summed E-state index contributed by atoms with van der Waals surface area (Å²) in [6.07, 6.45) is 3.74. The van der Waals surface area contributed by atoms with Crippen molar-refractivity contribution in [3.05, 3.63) is 48.4 Å². The highest BCUT2D eigenvalue weighted by Gasteiger charge is 2.24. The molecule has 1 fully saturated rings. The molecule has 27 heavy (non-hydrogen) atoms. The van der Waals surface area contributed by atoms with Gasteiger partial charge in [-0.3, -0.25) is 0 Å². The number of halogens is 1. The minimum Gasteiger partial charge on any atom is -0.395 e. The zero-order valence-electron chi connectivity index (χ0n) is 15.4. The van der Waals surface area contributed by atoms with Gasteiger partial charge in [-0.1, -0.05) is 12.1 Å². The molecule has 0 saturated carbocycles. The molecule has 0 radical (unpaired) electrons. The van der Waals surface area contributed by atoms with Gasteiger partial charge in [-0.15, -0.1) is 0 Å². The maximum Gasteiger partial charge on any atom is 0.157 e. The summed E-state index contributed by atoms with van der Waals surface area (Å²) >= 11 is 0. The quantitative estimate of drug-likeness (QED) is 0.749. The first-order chi connectivity index (χ1) is 13.2. The largest absolute Gasteiger partial charge is 0.395 e. The number of aliphatic hydroxyl groups excluding tert-OH is 1. The fourth-order valence-corrected chi connectivity index (χ4v) is 3.80. The number of aromatic nitrogens is 3. The monoisotopic (exact) mass is 369 g/mol. The number of nitrogens with zero attached hydrogens (tertiary/aromatic N) is 5. The lowest BCUT2D eigenvalue weighted by atomic mass is 10.0. The Morgan fingerprint density at radius 3 is 2.74 bits per heavy atom. The zero-order valence-corrected chi connectivity index (χ0v) is 15.4. The van der Waals surface area contributed by atoms with E-state index in [4.69, 9.17) is 5.11 Å². The van der Waals surface area contributed by atoms with Gasteiger partial charge >= 0.3 is 0 Å². The van der Waals surface area contributed by atoms with Gasteiger partial charge < -0.3 is 14.9 Å². The minimum absolute atomic E-state index is 0.182. The van der Waals surface area contributed by atoms with Gasteiger partial charge in [-0.25, -0.2) is 9.37 Å². The number of likely N-dealkylation sites (N-methyl/N-ethyl adjacent to an activating group) is 1. The normalized spacial score (nSPS) is 15.8. The van der Waals surface area contributed by atoms with Crippen molar-refractivity contribution in [1.29, 1.82) is 0 Å².